The van der Waals surface area contributed by atoms with Gasteiger partial charge in [-0.05, 0) is 23.8 Å². The Hall–Kier alpha value is -1.39. The summed E-state index contributed by atoms with van der Waals surface area (Å²) in [6.45, 7) is 0. The van der Waals surface area contributed by atoms with Crippen molar-refractivity contribution in [1.82, 2.24) is 9.78 Å². The summed E-state index contributed by atoms with van der Waals surface area (Å²) in [5, 5.41) is 14.4. The van der Waals surface area contributed by atoms with Gasteiger partial charge in [0.1, 0.15) is 5.82 Å². The highest BCUT2D eigenvalue weighted by Gasteiger charge is 2.14. The first kappa shape index (κ1) is 12.1. The van der Waals surface area contributed by atoms with Crippen LogP contribution < -0.4 is 0 Å². The van der Waals surface area contributed by atoms with Crippen LogP contribution in [0, 0.1) is 5.82 Å². The molecule has 0 aliphatic carbocycles. The van der Waals surface area contributed by atoms with Crippen molar-refractivity contribution < 1.29 is 9.50 Å². The van der Waals surface area contributed by atoms with Gasteiger partial charge in [-0.3, -0.25) is 4.68 Å². The molecule has 0 saturated heterocycles. The van der Waals surface area contributed by atoms with Crippen molar-refractivity contribution in [3.8, 4) is 0 Å². The first-order valence-corrected chi connectivity index (χ1v) is 5.54. The van der Waals surface area contributed by atoms with E-state index in [-0.39, 0.29) is 5.56 Å². The van der Waals surface area contributed by atoms with Crippen LogP contribution in [0.25, 0.3) is 0 Å². The molecule has 0 spiro atoms. The number of rotatable bonds is 3. The number of hydrogen-bond acceptors (Lipinski definition) is 2. The summed E-state index contributed by atoms with van der Waals surface area (Å²) in [5.41, 5.74) is 1.06. The second kappa shape index (κ2) is 4.85. The van der Waals surface area contributed by atoms with Crippen LogP contribution in [0.2, 0.25) is 5.02 Å². The number of aliphatic hydroxyl groups is 1. The summed E-state index contributed by atoms with van der Waals surface area (Å²) in [5.74, 6) is -0.453. The molecule has 5 heteroatoms. The number of aryl methyl sites for hydroxylation is 1. The van der Waals surface area contributed by atoms with E-state index in [4.69, 9.17) is 11.6 Å². The van der Waals surface area contributed by atoms with Crippen LogP contribution in [0.4, 0.5) is 4.39 Å². The summed E-state index contributed by atoms with van der Waals surface area (Å²) in [7, 11) is 1.79. The molecule has 1 heterocycles. The Kier molecular flexibility index (Phi) is 3.45. The Bertz CT molecular complexity index is 527. The van der Waals surface area contributed by atoms with Gasteiger partial charge in [-0.15, -0.1) is 0 Å². The normalized spacial score (nSPS) is 12.7. The average Bonchev–Trinajstić information content (AvgIpc) is 2.67. The summed E-state index contributed by atoms with van der Waals surface area (Å²) in [6, 6.07) is 4.15. The Morgan fingerprint density at radius 1 is 1.53 bits per heavy atom. The van der Waals surface area contributed by atoms with Gasteiger partial charge < -0.3 is 5.11 Å². The van der Waals surface area contributed by atoms with E-state index in [0.29, 0.717) is 11.4 Å². The molecule has 90 valence electrons. The van der Waals surface area contributed by atoms with Gasteiger partial charge in [0, 0.05) is 30.3 Å². The van der Waals surface area contributed by atoms with E-state index < -0.39 is 11.9 Å². The zero-order valence-corrected chi connectivity index (χ0v) is 10.0. The summed E-state index contributed by atoms with van der Waals surface area (Å²) in [6.07, 6.45) is 2.82. The highest BCUT2D eigenvalue weighted by molar-refractivity contribution is 6.30. The standard InChI is InChI=1S/C12H12ClFN2O/c1-16-7-8(6-15-16)4-12(17)10-5-9(13)2-3-11(10)14/h2-3,5-7,12,17H,4H2,1H3. The molecule has 0 fully saturated rings. The summed E-state index contributed by atoms with van der Waals surface area (Å²) in [4.78, 5) is 0. The van der Waals surface area contributed by atoms with Crippen LogP contribution in [-0.2, 0) is 13.5 Å². The number of hydrogen-bond donors (Lipinski definition) is 1. The number of aliphatic hydroxyl groups excluding tert-OH is 1. The number of benzene rings is 1. The molecule has 0 radical (unpaired) electrons. The van der Waals surface area contributed by atoms with E-state index in [1.54, 1.807) is 24.1 Å². The Morgan fingerprint density at radius 3 is 2.94 bits per heavy atom. The van der Waals surface area contributed by atoms with Crippen molar-refractivity contribution in [3.63, 3.8) is 0 Å². The minimum Gasteiger partial charge on any atom is -0.388 e. The maximum atomic E-state index is 13.5. The van der Waals surface area contributed by atoms with E-state index in [0.717, 1.165) is 5.56 Å². The van der Waals surface area contributed by atoms with E-state index in [1.165, 1.54) is 18.2 Å². The van der Waals surface area contributed by atoms with Crippen LogP contribution in [0.5, 0.6) is 0 Å². The Labute approximate surface area is 103 Å². The molecule has 1 aromatic heterocycles. The minimum atomic E-state index is -0.919. The first-order chi connectivity index (χ1) is 8.06. The monoisotopic (exact) mass is 254 g/mol. The zero-order valence-electron chi connectivity index (χ0n) is 9.27. The van der Waals surface area contributed by atoms with Crippen molar-refractivity contribution in [1.29, 1.82) is 0 Å². The van der Waals surface area contributed by atoms with Crippen molar-refractivity contribution in [2.75, 3.05) is 0 Å². The zero-order chi connectivity index (χ0) is 12.4. The van der Waals surface area contributed by atoms with Crippen LogP contribution in [0.3, 0.4) is 0 Å². The lowest BCUT2D eigenvalue weighted by Gasteiger charge is -2.11. The van der Waals surface area contributed by atoms with Crippen LogP contribution in [-0.4, -0.2) is 14.9 Å². The molecule has 0 bridgehead atoms. The minimum absolute atomic E-state index is 0.210. The van der Waals surface area contributed by atoms with Crippen LogP contribution >= 0.6 is 11.6 Å². The first-order valence-electron chi connectivity index (χ1n) is 5.17. The molecule has 1 unspecified atom stereocenters. The summed E-state index contributed by atoms with van der Waals surface area (Å²) < 4.78 is 15.1. The predicted octanol–water partition coefficient (Wildman–Crippen LogP) is 2.49. The van der Waals surface area contributed by atoms with Crippen molar-refractivity contribution in [2.45, 2.75) is 12.5 Å². The molecule has 2 rings (SSSR count). The van der Waals surface area contributed by atoms with Gasteiger partial charge in [0.15, 0.2) is 0 Å². The molecule has 2 aromatic rings. The van der Waals surface area contributed by atoms with Gasteiger partial charge in [0.2, 0.25) is 0 Å². The van der Waals surface area contributed by atoms with E-state index >= 15 is 0 Å². The number of halogens is 2. The SMILES string of the molecule is Cn1cc(CC(O)c2cc(Cl)ccc2F)cn1. The topological polar surface area (TPSA) is 38.0 Å². The molecule has 0 amide bonds. The van der Waals surface area contributed by atoms with Crippen molar-refractivity contribution in [3.05, 3.63) is 52.6 Å². The predicted molar refractivity (Wildman–Crippen MR) is 63.3 cm³/mol. The highest BCUT2D eigenvalue weighted by Crippen LogP contribution is 2.24. The molecule has 3 nitrogen and oxygen atoms in total. The van der Waals surface area contributed by atoms with Crippen molar-refractivity contribution >= 4 is 11.6 Å². The number of nitrogens with zero attached hydrogens (tertiary/aromatic N) is 2. The molecule has 1 atom stereocenters. The van der Waals surface area contributed by atoms with Gasteiger partial charge in [0.25, 0.3) is 0 Å². The maximum absolute atomic E-state index is 13.5. The third-order valence-electron chi connectivity index (χ3n) is 2.50. The van der Waals surface area contributed by atoms with Crippen molar-refractivity contribution in [2.24, 2.45) is 7.05 Å². The van der Waals surface area contributed by atoms with E-state index in [9.17, 15) is 9.50 Å². The molecule has 17 heavy (non-hydrogen) atoms. The third-order valence-corrected chi connectivity index (χ3v) is 2.74. The van der Waals surface area contributed by atoms with E-state index in [2.05, 4.69) is 5.10 Å². The van der Waals surface area contributed by atoms with Gasteiger partial charge in [-0.1, -0.05) is 11.6 Å². The molecule has 0 aliphatic rings. The molecular weight excluding hydrogens is 243 g/mol. The third kappa shape index (κ3) is 2.84. The quantitative estimate of drug-likeness (QED) is 0.914. The largest absolute Gasteiger partial charge is 0.388 e. The molecule has 0 saturated carbocycles. The smallest absolute Gasteiger partial charge is 0.129 e. The Balaban J connectivity index is 2.19. The van der Waals surface area contributed by atoms with E-state index in [1.807, 2.05) is 0 Å². The fourth-order valence-corrected chi connectivity index (χ4v) is 1.86. The lowest BCUT2D eigenvalue weighted by Crippen LogP contribution is -2.04. The van der Waals surface area contributed by atoms with Crippen LogP contribution in [0.1, 0.15) is 17.2 Å². The fourth-order valence-electron chi connectivity index (χ4n) is 1.68. The van der Waals surface area contributed by atoms with Gasteiger partial charge in [0.05, 0.1) is 12.3 Å². The van der Waals surface area contributed by atoms with Gasteiger partial charge in [-0.2, -0.15) is 5.10 Å². The Morgan fingerprint density at radius 2 is 2.29 bits per heavy atom. The molecule has 1 aromatic carbocycles. The van der Waals surface area contributed by atoms with Gasteiger partial charge in [-0.25, -0.2) is 4.39 Å². The molecule has 0 aliphatic heterocycles. The average molecular weight is 255 g/mol. The number of aromatic nitrogens is 2. The highest BCUT2D eigenvalue weighted by atomic mass is 35.5. The second-order valence-electron chi connectivity index (χ2n) is 3.91. The van der Waals surface area contributed by atoms with Crippen LogP contribution in [0.15, 0.2) is 30.6 Å². The molecule has 1 N–H and O–H groups in total. The molecular formula is C12H12ClFN2O. The lowest BCUT2D eigenvalue weighted by atomic mass is 10.0. The lowest BCUT2D eigenvalue weighted by molar-refractivity contribution is 0.173. The second-order valence-corrected chi connectivity index (χ2v) is 4.34. The summed E-state index contributed by atoms with van der Waals surface area (Å²) >= 11 is 5.77. The van der Waals surface area contributed by atoms with Gasteiger partial charge >= 0.3 is 0 Å². The maximum Gasteiger partial charge on any atom is 0.129 e. The fraction of sp³-hybridized carbons (Fsp3) is 0.250.